The van der Waals surface area contributed by atoms with Crippen molar-refractivity contribution in [2.24, 2.45) is 4.99 Å². The summed E-state index contributed by atoms with van der Waals surface area (Å²) >= 11 is 7.77. The van der Waals surface area contributed by atoms with Crippen LogP contribution in [0, 0.1) is 6.92 Å². The molecular weight excluding hydrogens is 383 g/mol. The van der Waals surface area contributed by atoms with Crippen LogP contribution in [0.25, 0.3) is 5.69 Å². The molecule has 2 aromatic heterocycles. The molecule has 0 spiro atoms. The van der Waals surface area contributed by atoms with Crippen molar-refractivity contribution in [3.05, 3.63) is 58.4 Å². The average molecular weight is 402 g/mol. The third kappa shape index (κ3) is 2.67. The minimum Gasteiger partial charge on any atom is -0.331 e. The van der Waals surface area contributed by atoms with E-state index >= 15 is 0 Å². The number of aliphatic imine (C=N–C) groups is 1. The lowest BCUT2D eigenvalue weighted by molar-refractivity contribution is 0.363. The lowest BCUT2D eigenvalue weighted by Gasteiger charge is -2.36. The zero-order chi connectivity index (χ0) is 18.3. The molecule has 3 aromatic rings. The Hall–Kier alpha value is -1.79. The highest BCUT2D eigenvalue weighted by Crippen LogP contribution is 2.55. The number of aromatic nitrogens is 2. The van der Waals surface area contributed by atoms with Crippen molar-refractivity contribution in [1.82, 2.24) is 14.5 Å². The summed E-state index contributed by atoms with van der Waals surface area (Å²) in [5.74, 6) is 1.63. The van der Waals surface area contributed by atoms with Crippen LogP contribution in [0.1, 0.15) is 17.5 Å². The zero-order valence-electron chi connectivity index (χ0n) is 14.8. The van der Waals surface area contributed by atoms with Gasteiger partial charge in [0.15, 0.2) is 18.1 Å². The molecule has 0 amide bonds. The Morgan fingerprint density at radius 2 is 1.96 bits per heavy atom. The number of fused-ring (bicyclic) bond motifs is 1. The second kappa shape index (κ2) is 6.74. The van der Waals surface area contributed by atoms with Crippen LogP contribution >= 0.6 is 17.8 Å². The molecule has 0 radical (unpaired) electrons. The van der Waals surface area contributed by atoms with Gasteiger partial charge in [-0.25, -0.2) is 9.67 Å². The van der Waals surface area contributed by atoms with Gasteiger partial charge in [0.1, 0.15) is 0 Å². The molecule has 4 rings (SSSR count). The fourth-order valence-electron chi connectivity index (χ4n) is 3.08. The van der Waals surface area contributed by atoms with E-state index in [1.165, 1.54) is 0 Å². The zero-order valence-corrected chi connectivity index (χ0v) is 17.3. The van der Waals surface area contributed by atoms with Gasteiger partial charge in [0.25, 0.3) is 0 Å². The third-order valence-electron chi connectivity index (χ3n) is 4.25. The van der Waals surface area contributed by atoms with Gasteiger partial charge in [0.2, 0.25) is 0 Å². The topological polar surface area (TPSA) is 42.6 Å². The standard InChI is InChI=1S/C18H19N4OPS2/c1-4-23-24(25)16-13(2)20-22(14-9-6-5-7-10-14)18(16)19-17(21(24)3)15-11-8-12-26-15/h5-12H,4H2,1-3H3/t24-/m1/s1. The van der Waals surface area contributed by atoms with Gasteiger partial charge in [-0.1, -0.05) is 24.3 Å². The van der Waals surface area contributed by atoms with E-state index in [1.54, 1.807) is 11.3 Å². The first-order valence-corrected chi connectivity index (χ1v) is 11.9. The molecule has 0 bridgehead atoms. The molecule has 0 unspecified atom stereocenters. The van der Waals surface area contributed by atoms with E-state index in [-0.39, 0.29) is 0 Å². The SMILES string of the molecule is CCO[P@@]1(=S)c2c(C)nn(-c3ccccc3)c2N=C(c2cccs2)N1C. The van der Waals surface area contributed by atoms with E-state index in [9.17, 15) is 0 Å². The van der Waals surface area contributed by atoms with Crippen molar-refractivity contribution < 1.29 is 4.52 Å². The molecule has 134 valence electrons. The van der Waals surface area contributed by atoms with Crippen LogP contribution < -0.4 is 5.30 Å². The van der Waals surface area contributed by atoms with Gasteiger partial charge in [-0.05, 0) is 49.2 Å². The maximum atomic E-state index is 6.19. The number of aryl methyl sites for hydroxylation is 1. The Morgan fingerprint density at radius 3 is 2.62 bits per heavy atom. The summed E-state index contributed by atoms with van der Waals surface area (Å²) < 4.78 is 10.1. The van der Waals surface area contributed by atoms with Crippen LogP contribution in [-0.4, -0.2) is 33.9 Å². The molecule has 26 heavy (non-hydrogen) atoms. The van der Waals surface area contributed by atoms with Crippen molar-refractivity contribution >= 4 is 46.5 Å². The Balaban J connectivity index is 2.01. The Morgan fingerprint density at radius 1 is 1.19 bits per heavy atom. The Labute approximate surface area is 162 Å². The summed E-state index contributed by atoms with van der Waals surface area (Å²) in [6.45, 7) is 4.52. The number of benzene rings is 1. The molecule has 0 saturated carbocycles. The van der Waals surface area contributed by atoms with Gasteiger partial charge in [-0.2, -0.15) is 5.10 Å². The minimum atomic E-state index is -2.47. The van der Waals surface area contributed by atoms with Gasteiger partial charge in [-0.3, -0.25) is 0 Å². The second-order valence-electron chi connectivity index (χ2n) is 5.88. The van der Waals surface area contributed by atoms with Crippen LogP contribution in [0.15, 0.2) is 52.8 Å². The molecule has 0 fully saturated rings. The van der Waals surface area contributed by atoms with E-state index in [4.69, 9.17) is 26.4 Å². The largest absolute Gasteiger partial charge is 0.331 e. The molecule has 1 atom stereocenters. The molecule has 1 aliphatic heterocycles. The first-order chi connectivity index (χ1) is 12.6. The highest BCUT2D eigenvalue weighted by Gasteiger charge is 2.40. The molecule has 0 aliphatic carbocycles. The summed E-state index contributed by atoms with van der Waals surface area (Å²) in [5, 5.41) is 7.75. The van der Waals surface area contributed by atoms with Crippen LogP contribution in [-0.2, 0) is 16.3 Å². The Kier molecular flexibility index (Phi) is 4.57. The van der Waals surface area contributed by atoms with Crippen LogP contribution in [0.5, 0.6) is 0 Å². The summed E-state index contributed by atoms with van der Waals surface area (Å²) in [6, 6.07) is 14.1. The molecule has 8 heteroatoms. The van der Waals surface area contributed by atoms with Crippen LogP contribution in [0.4, 0.5) is 5.82 Å². The highest BCUT2D eigenvalue weighted by molar-refractivity contribution is 8.15. The van der Waals surface area contributed by atoms with Crippen LogP contribution in [0.2, 0.25) is 0 Å². The van der Waals surface area contributed by atoms with E-state index in [1.807, 2.05) is 72.0 Å². The third-order valence-corrected chi connectivity index (χ3v) is 9.39. The number of thiophene rings is 1. The van der Waals surface area contributed by atoms with Crippen molar-refractivity contribution in [3.8, 4) is 5.69 Å². The van der Waals surface area contributed by atoms with Gasteiger partial charge in [0.05, 0.1) is 28.2 Å². The first kappa shape index (κ1) is 17.6. The Bertz CT molecular complexity index is 1010. The van der Waals surface area contributed by atoms with E-state index in [2.05, 4.69) is 6.07 Å². The number of amidine groups is 1. The lowest BCUT2D eigenvalue weighted by Crippen LogP contribution is -2.34. The van der Waals surface area contributed by atoms with Gasteiger partial charge in [0, 0.05) is 7.05 Å². The first-order valence-electron chi connectivity index (χ1n) is 8.33. The fourth-order valence-corrected chi connectivity index (χ4v) is 7.29. The monoisotopic (exact) mass is 402 g/mol. The number of rotatable bonds is 4. The van der Waals surface area contributed by atoms with Crippen molar-refractivity contribution in [1.29, 1.82) is 0 Å². The van der Waals surface area contributed by atoms with Crippen LogP contribution in [0.3, 0.4) is 0 Å². The fraction of sp³-hybridized carbons (Fsp3) is 0.222. The van der Waals surface area contributed by atoms with E-state index < -0.39 is 6.42 Å². The van der Waals surface area contributed by atoms with Gasteiger partial charge >= 0.3 is 0 Å². The van der Waals surface area contributed by atoms with Crippen molar-refractivity contribution in [2.75, 3.05) is 13.7 Å². The highest BCUT2D eigenvalue weighted by atomic mass is 32.4. The molecular formula is C18H19N4OPS2. The lowest BCUT2D eigenvalue weighted by atomic mass is 10.3. The van der Waals surface area contributed by atoms with Crippen molar-refractivity contribution in [2.45, 2.75) is 13.8 Å². The summed E-state index contributed by atoms with van der Waals surface area (Å²) in [7, 11) is 1.98. The maximum Gasteiger partial charge on any atom is 0.192 e. The molecule has 1 aliphatic rings. The van der Waals surface area contributed by atoms with Gasteiger partial charge in [-0.15, -0.1) is 11.3 Å². The average Bonchev–Trinajstić information content (AvgIpc) is 3.27. The van der Waals surface area contributed by atoms with Gasteiger partial charge < -0.3 is 9.19 Å². The summed E-state index contributed by atoms with van der Waals surface area (Å²) in [4.78, 5) is 6.05. The summed E-state index contributed by atoms with van der Waals surface area (Å²) in [6.07, 6.45) is -2.47. The normalized spacial score (nSPS) is 19.3. The number of hydrogen-bond acceptors (Lipinski definition) is 5. The predicted octanol–water partition coefficient (Wildman–Crippen LogP) is 4.24. The molecule has 0 N–H and O–H groups in total. The molecule has 0 saturated heterocycles. The minimum absolute atomic E-state index is 0.550. The number of hydrogen-bond donors (Lipinski definition) is 0. The summed E-state index contributed by atoms with van der Waals surface area (Å²) in [5.41, 5.74) is 1.84. The quantitative estimate of drug-likeness (QED) is 0.613. The van der Waals surface area contributed by atoms with E-state index in [0.29, 0.717) is 6.61 Å². The molecule has 1 aromatic carbocycles. The smallest absolute Gasteiger partial charge is 0.192 e. The van der Waals surface area contributed by atoms with E-state index in [0.717, 1.165) is 33.2 Å². The number of nitrogens with zero attached hydrogens (tertiary/aromatic N) is 4. The van der Waals surface area contributed by atoms with Crippen molar-refractivity contribution in [3.63, 3.8) is 0 Å². The molecule has 5 nitrogen and oxygen atoms in total. The maximum absolute atomic E-state index is 6.19. The predicted molar refractivity (Wildman–Crippen MR) is 112 cm³/mol. The molecule has 3 heterocycles. The second-order valence-corrected chi connectivity index (χ2v) is 10.7. The number of para-hydroxylation sites is 1.